The third-order valence-corrected chi connectivity index (χ3v) is 4.18. The molecule has 2 aromatic rings. The molecule has 1 aliphatic heterocycles. The average molecular weight is 276 g/mol. The zero-order valence-corrected chi connectivity index (χ0v) is 11.2. The van der Waals surface area contributed by atoms with Gasteiger partial charge in [0.25, 0.3) is 0 Å². The molecule has 3 rings (SSSR count). The number of thioether (sulfide) groups is 1. The average Bonchev–Trinajstić information content (AvgIpc) is 2.81. The maximum absolute atomic E-state index is 13.7. The number of halogens is 1. The summed E-state index contributed by atoms with van der Waals surface area (Å²) in [5.41, 5.74) is 2.42. The van der Waals surface area contributed by atoms with Crippen molar-refractivity contribution in [2.45, 2.75) is 17.3 Å². The van der Waals surface area contributed by atoms with Crippen LogP contribution in [0.25, 0.3) is 11.1 Å². The van der Waals surface area contributed by atoms with E-state index in [0.717, 1.165) is 21.6 Å². The van der Waals surface area contributed by atoms with Gasteiger partial charge in [-0.3, -0.25) is 0 Å². The Hall–Kier alpha value is -1.52. The summed E-state index contributed by atoms with van der Waals surface area (Å²) in [6, 6.07) is 10.7. The first-order valence-corrected chi connectivity index (χ1v) is 6.90. The summed E-state index contributed by atoms with van der Waals surface area (Å²) in [5, 5.41) is 9.18. The number of rotatable bonds is 2. The zero-order valence-electron chi connectivity index (χ0n) is 10.4. The number of hydrogen-bond donors (Lipinski definition) is 1. The summed E-state index contributed by atoms with van der Waals surface area (Å²) in [7, 11) is 0. The van der Waals surface area contributed by atoms with E-state index in [-0.39, 0.29) is 17.9 Å². The summed E-state index contributed by atoms with van der Waals surface area (Å²) in [6.07, 6.45) is 0. The molecule has 0 bridgehead atoms. The number of ether oxygens (including phenoxy) is 1. The van der Waals surface area contributed by atoms with Gasteiger partial charge in [-0.05, 0) is 30.2 Å². The largest absolute Gasteiger partial charge is 0.475 e. The molecule has 0 amide bonds. The maximum atomic E-state index is 13.7. The molecule has 0 aromatic heterocycles. The van der Waals surface area contributed by atoms with Gasteiger partial charge in [-0.2, -0.15) is 0 Å². The van der Waals surface area contributed by atoms with Crippen molar-refractivity contribution in [1.82, 2.24) is 0 Å². The summed E-state index contributed by atoms with van der Waals surface area (Å²) >= 11 is 1.35. The fourth-order valence-corrected chi connectivity index (χ4v) is 3.17. The second-order valence-electron chi connectivity index (χ2n) is 4.44. The molecule has 0 radical (unpaired) electrons. The molecule has 1 unspecified atom stereocenters. The Bertz CT molecular complexity index is 628. The SMILES string of the molecule is Cc1ccccc1-c1cc(F)cc2c1OC(CO)S2. The standard InChI is InChI=1S/C15H13FO2S/c1-9-4-2-3-5-11(9)12-6-10(16)7-13-15(12)18-14(8-17)19-13/h2-7,14,17H,8H2,1H3. The van der Waals surface area contributed by atoms with E-state index in [0.29, 0.717) is 5.75 Å². The van der Waals surface area contributed by atoms with E-state index in [9.17, 15) is 9.50 Å². The van der Waals surface area contributed by atoms with E-state index in [1.165, 1.54) is 23.9 Å². The summed E-state index contributed by atoms with van der Waals surface area (Å²) in [4.78, 5) is 0.748. The van der Waals surface area contributed by atoms with Crippen LogP contribution in [0.15, 0.2) is 41.3 Å². The molecular formula is C15H13FO2S. The van der Waals surface area contributed by atoms with Crippen molar-refractivity contribution in [3.8, 4) is 16.9 Å². The minimum Gasteiger partial charge on any atom is -0.475 e. The van der Waals surface area contributed by atoms with Crippen molar-refractivity contribution in [2.75, 3.05) is 6.61 Å². The monoisotopic (exact) mass is 276 g/mol. The van der Waals surface area contributed by atoms with E-state index in [1.807, 2.05) is 31.2 Å². The molecule has 1 aliphatic rings. The number of fused-ring (bicyclic) bond motifs is 1. The van der Waals surface area contributed by atoms with E-state index < -0.39 is 0 Å². The van der Waals surface area contributed by atoms with Gasteiger partial charge in [-0.1, -0.05) is 36.0 Å². The molecule has 19 heavy (non-hydrogen) atoms. The predicted molar refractivity (Wildman–Crippen MR) is 73.9 cm³/mol. The van der Waals surface area contributed by atoms with E-state index >= 15 is 0 Å². The number of hydrogen-bond acceptors (Lipinski definition) is 3. The van der Waals surface area contributed by atoms with Crippen LogP contribution in [0.5, 0.6) is 5.75 Å². The quantitative estimate of drug-likeness (QED) is 0.908. The van der Waals surface area contributed by atoms with Gasteiger partial charge in [-0.25, -0.2) is 4.39 Å². The van der Waals surface area contributed by atoms with Crippen LogP contribution in [-0.2, 0) is 0 Å². The molecule has 0 spiro atoms. The lowest BCUT2D eigenvalue weighted by atomic mass is 9.99. The van der Waals surface area contributed by atoms with Crippen LogP contribution in [0.3, 0.4) is 0 Å². The summed E-state index contributed by atoms with van der Waals surface area (Å²) in [5.74, 6) is 0.381. The Kier molecular flexibility index (Phi) is 3.21. The van der Waals surface area contributed by atoms with Gasteiger partial charge in [0, 0.05) is 5.56 Å². The van der Waals surface area contributed by atoms with E-state index in [2.05, 4.69) is 0 Å². The first kappa shape index (κ1) is 12.5. The van der Waals surface area contributed by atoms with Crippen LogP contribution in [0.4, 0.5) is 4.39 Å². The lowest BCUT2D eigenvalue weighted by Crippen LogP contribution is -2.11. The summed E-state index contributed by atoms with van der Waals surface area (Å²) < 4.78 is 19.4. The van der Waals surface area contributed by atoms with Crippen molar-refractivity contribution >= 4 is 11.8 Å². The van der Waals surface area contributed by atoms with E-state index in [4.69, 9.17) is 4.74 Å². The molecule has 0 fully saturated rings. The zero-order chi connectivity index (χ0) is 13.4. The maximum Gasteiger partial charge on any atom is 0.172 e. The second kappa shape index (κ2) is 4.87. The minimum atomic E-state index is -0.348. The Labute approximate surface area is 115 Å². The van der Waals surface area contributed by atoms with Crippen molar-refractivity contribution in [3.05, 3.63) is 47.8 Å². The molecule has 0 saturated heterocycles. The molecule has 1 atom stereocenters. The van der Waals surface area contributed by atoms with Gasteiger partial charge in [-0.15, -0.1) is 0 Å². The number of aryl methyl sites for hydroxylation is 1. The van der Waals surface area contributed by atoms with Crippen LogP contribution in [-0.4, -0.2) is 17.1 Å². The number of aliphatic hydroxyl groups excluding tert-OH is 1. The number of aliphatic hydroxyl groups is 1. The van der Waals surface area contributed by atoms with Gasteiger partial charge in [0.15, 0.2) is 5.44 Å². The Balaban J connectivity index is 2.16. The van der Waals surface area contributed by atoms with Crippen molar-refractivity contribution in [1.29, 1.82) is 0 Å². The minimum absolute atomic E-state index is 0.0891. The molecule has 98 valence electrons. The van der Waals surface area contributed by atoms with Crippen LogP contribution < -0.4 is 4.74 Å². The number of benzene rings is 2. The van der Waals surface area contributed by atoms with Crippen molar-refractivity contribution in [3.63, 3.8) is 0 Å². The second-order valence-corrected chi connectivity index (χ2v) is 5.64. The van der Waals surface area contributed by atoms with Gasteiger partial charge < -0.3 is 9.84 Å². The molecule has 4 heteroatoms. The van der Waals surface area contributed by atoms with Gasteiger partial charge >= 0.3 is 0 Å². The van der Waals surface area contributed by atoms with Crippen LogP contribution in [0, 0.1) is 12.7 Å². The topological polar surface area (TPSA) is 29.5 Å². The molecule has 1 heterocycles. The lowest BCUT2D eigenvalue weighted by molar-refractivity contribution is 0.182. The van der Waals surface area contributed by atoms with Crippen molar-refractivity contribution in [2.24, 2.45) is 0 Å². The third kappa shape index (κ3) is 2.22. The molecule has 0 saturated carbocycles. The normalized spacial score (nSPS) is 17.1. The first-order valence-electron chi connectivity index (χ1n) is 6.03. The van der Waals surface area contributed by atoms with E-state index in [1.54, 1.807) is 0 Å². The Morgan fingerprint density at radius 2 is 2.05 bits per heavy atom. The fourth-order valence-electron chi connectivity index (χ4n) is 2.22. The highest BCUT2D eigenvalue weighted by Gasteiger charge is 2.27. The van der Waals surface area contributed by atoms with Gasteiger partial charge in [0.1, 0.15) is 11.6 Å². The molecular weight excluding hydrogens is 263 g/mol. The Morgan fingerprint density at radius 1 is 1.26 bits per heavy atom. The molecule has 2 aromatic carbocycles. The highest BCUT2D eigenvalue weighted by Crippen LogP contribution is 2.47. The smallest absolute Gasteiger partial charge is 0.172 e. The Morgan fingerprint density at radius 3 is 2.79 bits per heavy atom. The molecule has 2 nitrogen and oxygen atoms in total. The first-order chi connectivity index (χ1) is 9.19. The highest BCUT2D eigenvalue weighted by atomic mass is 32.2. The van der Waals surface area contributed by atoms with Crippen molar-refractivity contribution < 1.29 is 14.2 Å². The van der Waals surface area contributed by atoms with Crippen LogP contribution >= 0.6 is 11.8 Å². The fraction of sp³-hybridized carbons (Fsp3) is 0.200. The van der Waals surface area contributed by atoms with Gasteiger partial charge in [0.2, 0.25) is 0 Å². The summed E-state index contributed by atoms with van der Waals surface area (Å²) in [6.45, 7) is 1.90. The van der Waals surface area contributed by atoms with Crippen LogP contribution in [0.1, 0.15) is 5.56 Å². The van der Waals surface area contributed by atoms with Gasteiger partial charge in [0.05, 0.1) is 11.5 Å². The highest BCUT2D eigenvalue weighted by molar-refractivity contribution is 8.00. The molecule has 1 N–H and O–H groups in total. The molecule has 0 aliphatic carbocycles. The third-order valence-electron chi connectivity index (χ3n) is 3.11. The predicted octanol–water partition coefficient (Wildman–Crippen LogP) is 3.60. The lowest BCUT2D eigenvalue weighted by Gasteiger charge is -2.11. The van der Waals surface area contributed by atoms with Crippen LogP contribution in [0.2, 0.25) is 0 Å².